The molecule has 3 rings (SSSR count). The topological polar surface area (TPSA) is 135 Å². The van der Waals surface area contributed by atoms with Gasteiger partial charge in [0.1, 0.15) is 5.75 Å². The van der Waals surface area contributed by atoms with Crippen molar-refractivity contribution < 1.29 is 43.4 Å². The van der Waals surface area contributed by atoms with Crippen LogP contribution in [-0.4, -0.2) is 62.0 Å². The second kappa shape index (κ2) is 17.3. The van der Waals surface area contributed by atoms with Gasteiger partial charge in [-0.05, 0) is 57.6 Å². The highest BCUT2D eigenvalue weighted by Crippen LogP contribution is 2.13. The second-order valence-corrected chi connectivity index (χ2v) is 8.92. The van der Waals surface area contributed by atoms with Crippen molar-refractivity contribution in [2.45, 2.75) is 45.4 Å². The Balaban J connectivity index is 0.000000421. The highest BCUT2D eigenvalue weighted by atomic mass is 32.3. The molecule has 2 aliphatic rings. The molecule has 0 radical (unpaired) electrons. The van der Waals surface area contributed by atoms with Crippen molar-refractivity contribution in [1.29, 1.82) is 0 Å². The number of ether oxygens (including phenoxy) is 2. The Bertz CT molecular complexity index is 718. The molecule has 0 amide bonds. The predicted molar refractivity (Wildman–Crippen MR) is 116 cm³/mol. The zero-order valence-corrected chi connectivity index (χ0v) is 20.0. The molecule has 0 aliphatic carbocycles. The van der Waals surface area contributed by atoms with Crippen LogP contribution in [0.15, 0.2) is 24.3 Å². The van der Waals surface area contributed by atoms with Crippen LogP contribution < -0.4 is 4.18 Å². The van der Waals surface area contributed by atoms with E-state index < -0.39 is 20.8 Å². The Morgan fingerprint density at radius 3 is 1.35 bits per heavy atom. The van der Waals surface area contributed by atoms with Gasteiger partial charge in [0.2, 0.25) is 0 Å². The summed E-state index contributed by atoms with van der Waals surface area (Å²) in [6, 6.07) is 6.62. The molecular weight excluding hydrogens is 452 g/mol. The van der Waals surface area contributed by atoms with Crippen molar-refractivity contribution in [2.75, 3.05) is 40.6 Å². The molecule has 1 aromatic carbocycles. The van der Waals surface area contributed by atoms with Crippen LogP contribution in [0, 0.1) is 6.92 Å². The minimum absolute atomic E-state index is 0.243. The van der Waals surface area contributed by atoms with Gasteiger partial charge in [0.25, 0.3) is 0 Å². The molecule has 2 saturated heterocycles. The quantitative estimate of drug-likeness (QED) is 0.633. The molecule has 0 atom stereocenters. The first-order valence-corrected chi connectivity index (χ1v) is 12.5. The van der Waals surface area contributed by atoms with E-state index in [9.17, 15) is 16.8 Å². The Labute approximate surface area is 186 Å². The van der Waals surface area contributed by atoms with Gasteiger partial charge < -0.3 is 13.7 Å². The lowest BCUT2D eigenvalue weighted by molar-refractivity contribution is 0.0967. The molecule has 0 spiro atoms. The van der Waals surface area contributed by atoms with Gasteiger partial charge in [-0.15, -0.1) is 0 Å². The molecule has 31 heavy (non-hydrogen) atoms. The minimum Gasteiger partial charge on any atom is -0.381 e. The van der Waals surface area contributed by atoms with Crippen LogP contribution in [0.25, 0.3) is 0 Å². The predicted octanol–water partition coefficient (Wildman–Crippen LogP) is 3.07. The maximum Gasteiger partial charge on any atom is 0.448 e. The average molecular weight is 487 g/mol. The number of rotatable bonds is 4. The molecule has 10 nitrogen and oxygen atoms in total. The number of benzene rings is 1. The first-order valence-electron chi connectivity index (χ1n) is 9.85. The van der Waals surface area contributed by atoms with Crippen molar-refractivity contribution in [2.24, 2.45) is 0 Å². The molecule has 1 N–H and O–H groups in total. The number of hydrogen-bond acceptors (Lipinski definition) is 9. The summed E-state index contributed by atoms with van der Waals surface area (Å²) in [5.41, 5.74) is 1.03. The van der Waals surface area contributed by atoms with E-state index >= 15 is 0 Å². The molecule has 2 fully saturated rings. The van der Waals surface area contributed by atoms with Crippen LogP contribution in [0.3, 0.4) is 0 Å². The third-order valence-corrected chi connectivity index (χ3v) is 5.01. The monoisotopic (exact) mass is 486 g/mol. The van der Waals surface area contributed by atoms with Crippen molar-refractivity contribution in [3.63, 3.8) is 0 Å². The molecule has 182 valence electrons. The summed E-state index contributed by atoms with van der Waals surface area (Å²) in [5.74, 6) is 0.243. The Kier molecular flexibility index (Phi) is 16.6. The van der Waals surface area contributed by atoms with Gasteiger partial charge in [-0.3, -0.25) is 8.74 Å². The second-order valence-electron chi connectivity index (χ2n) is 6.41. The summed E-state index contributed by atoms with van der Waals surface area (Å²) >= 11 is 0. The lowest BCUT2D eigenvalue weighted by Gasteiger charge is -2.08. The fraction of sp³-hybridized carbons (Fsp3) is 0.684. The lowest BCUT2D eigenvalue weighted by Crippen LogP contribution is -2.10. The van der Waals surface area contributed by atoms with E-state index in [1.165, 1.54) is 38.5 Å². The fourth-order valence-corrected chi connectivity index (χ4v) is 2.53. The van der Waals surface area contributed by atoms with E-state index in [1.54, 1.807) is 24.3 Å². The highest BCUT2D eigenvalue weighted by Gasteiger charge is 2.09. The van der Waals surface area contributed by atoms with E-state index in [4.69, 9.17) is 14.0 Å². The van der Waals surface area contributed by atoms with Gasteiger partial charge in [-0.25, -0.2) is 4.18 Å². The van der Waals surface area contributed by atoms with Gasteiger partial charge in [-0.2, -0.15) is 16.8 Å². The van der Waals surface area contributed by atoms with Crippen molar-refractivity contribution in [3.05, 3.63) is 29.8 Å². The normalized spacial score (nSPS) is 16.3. The summed E-state index contributed by atoms with van der Waals surface area (Å²) in [7, 11) is -6.13. The summed E-state index contributed by atoms with van der Waals surface area (Å²) in [6.07, 6.45) is 7.86. The van der Waals surface area contributed by atoms with E-state index in [0.29, 0.717) is 0 Å². The standard InChI is InChI=1S/C8H10O4S.2C5H10O.CH4O4S/c1-7-3-5-8(6-4-7)12-13(9,10)11-2;2*1-2-4-6-5-3-1;1-5-6(2,3)4/h3-6H,1-2H3;2*1-5H2;1H3,(H,2,3,4). The molecule has 0 unspecified atom stereocenters. The molecule has 2 aliphatic heterocycles. The molecule has 0 bridgehead atoms. The summed E-state index contributed by atoms with van der Waals surface area (Å²) < 4.78 is 70.1. The maximum atomic E-state index is 10.8. The Morgan fingerprint density at radius 1 is 0.742 bits per heavy atom. The van der Waals surface area contributed by atoms with Gasteiger partial charge >= 0.3 is 20.8 Å². The zero-order chi connectivity index (χ0) is 23.6. The van der Waals surface area contributed by atoms with Gasteiger partial charge in [-0.1, -0.05) is 17.7 Å². The number of aryl methyl sites for hydroxylation is 1. The smallest absolute Gasteiger partial charge is 0.381 e. The summed E-state index contributed by atoms with van der Waals surface area (Å²) in [5, 5.41) is 0. The molecule has 2 heterocycles. The molecule has 12 heteroatoms. The SMILES string of the molecule is C1CCOCC1.C1CCOCC1.COS(=O)(=O)O.COS(=O)(=O)Oc1ccc(C)cc1. The molecule has 1 aromatic rings. The van der Waals surface area contributed by atoms with Gasteiger partial charge in [0.15, 0.2) is 0 Å². The lowest BCUT2D eigenvalue weighted by atomic mass is 10.2. The Morgan fingerprint density at radius 2 is 1.13 bits per heavy atom. The van der Waals surface area contributed by atoms with Crippen LogP contribution in [0.1, 0.15) is 44.1 Å². The third kappa shape index (κ3) is 20.4. The fourth-order valence-electron chi connectivity index (χ4n) is 2.12. The van der Waals surface area contributed by atoms with Crippen molar-refractivity contribution in [1.82, 2.24) is 0 Å². The van der Waals surface area contributed by atoms with Crippen molar-refractivity contribution in [3.8, 4) is 5.75 Å². The van der Waals surface area contributed by atoms with Crippen LogP contribution in [0.5, 0.6) is 5.75 Å². The maximum absolute atomic E-state index is 10.8. The van der Waals surface area contributed by atoms with E-state index in [-0.39, 0.29) is 5.75 Å². The largest absolute Gasteiger partial charge is 0.448 e. The van der Waals surface area contributed by atoms with Gasteiger partial charge in [0, 0.05) is 26.4 Å². The van der Waals surface area contributed by atoms with E-state index in [1.807, 2.05) is 6.92 Å². The Hall–Kier alpha value is -1.28. The first-order chi connectivity index (χ1) is 14.6. The number of hydrogen-bond donors (Lipinski definition) is 1. The zero-order valence-electron chi connectivity index (χ0n) is 18.3. The van der Waals surface area contributed by atoms with Gasteiger partial charge in [0.05, 0.1) is 14.2 Å². The van der Waals surface area contributed by atoms with E-state index in [2.05, 4.69) is 12.5 Å². The van der Waals surface area contributed by atoms with Crippen molar-refractivity contribution >= 4 is 20.8 Å². The highest BCUT2D eigenvalue weighted by molar-refractivity contribution is 7.82. The summed E-state index contributed by atoms with van der Waals surface area (Å²) in [4.78, 5) is 0. The van der Waals surface area contributed by atoms with Crippen LogP contribution >= 0.6 is 0 Å². The van der Waals surface area contributed by atoms with Crippen LogP contribution in [-0.2, 0) is 38.6 Å². The molecular formula is C19H34O10S2. The molecule has 0 aromatic heterocycles. The first kappa shape index (κ1) is 29.7. The molecule has 0 saturated carbocycles. The van der Waals surface area contributed by atoms with E-state index in [0.717, 1.165) is 46.2 Å². The average Bonchev–Trinajstić information content (AvgIpc) is 2.78. The van der Waals surface area contributed by atoms with Crippen LogP contribution in [0.2, 0.25) is 0 Å². The van der Waals surface area contributed by atoms with Crippen LogP contribution in [0.4, 0.5) is 0 Å². The minimum atomic E-state index is -4.16. The summed E-state index contributed by atoms with van der Waals surface area (Å²) in [6.45, 7) is 5.90. The third-order valence-electron chi connectivity index (χ3n) is 3.79.